The first-order valence-corrected chi connectivity index (χ1v) is 9.81. The lowest BCUT2D eigenvalue weighted by Crippen LogP contribution is -2.37. The maximum atomic E-state index is 10.7. The van der Waals surface area contributed by atoms with Gasteiger partial charge >= 0.3 is 0 Å². The highest BCUT2D eigenvalue weighted by Crippen LogP contribution is 2.40. The van der Waals surface area contributed by atoms with Crippen LogP contribution in [0.15, 0.2) is 24.3 Å². The Morgan fingerprint density at radius 2 is 1.92 bits per heavy atom. The van der Waals surface area contributed by atoms with Gasteiger partial charge in [0.25, 0.3) is 0 Å². The first kappa shape index (κ1) is 17.3. The van der Waals surface area contributed by atoms with Crippen molar-refractivity contribution in [1.82, 2.24) is 19.5 Å². The average Bonchev–Trinajstić information content (AvgIpc) is 3.13. The molecule has 1 fully saturated rings. The Hall–Kier alpha value is -2.12. The topological polar surface area (TPSA) is 62.9 Å². The smallest absolute Gasteiger partial charge is 0.215 e. The van der Waals surface area contributed by atoms with Crippen LogP contribution in [-0.4, -0.2) is 44.8 Å². The Kier molecular flexibility index (Phi) is 4.58. The molecule has 0 radical (unpaired) electrons. The molecular weight excluding hydrogens is 348 g/mol. The molecule has 2 aromatic heterocycles. The number of ether oxygens (including phenoxy) is 1. The summed E-state index contributed by atoms with van der Waals surface area (Å²) in [6.45, 7) is 6.19. The molecule has 3 heterocycles. The predicted octanol–water partition coefficient (Wildman–Crippen LogP) is 3.63. The van der Waals surface area contributed by atoms with Crippen molar-refractivity contribution in [1.29, 1.82) is 0 Å². The van der Waals surface area contributed by atoms with Crippen LogP contribution in [0, 0.1) is 12.8 Å². The molecule has 1 aliphatic rings. The van der Waals surface area contributed by atoms with E-state index >= 15 is 0 Å². The van der Waals surface area contributed by atoms with E-state index in [0.717, 1.165) is 59.6 Å². The zero-order chi connectivity index (χ0) is 18.3. The number of hydrogen-bond donors (Lipinski definition) is 1. The minimum Gasteiger partial charge on any atom is -0.498 e. The van der Waals surface area contributed by atoms with E-state index in [9.17, 15) is 5.11 Å². The number of thiazole rings is 1. The van der Waals surface area contributed by atoms with Gasteiger partial charge in [-0.2, -0.15) is 5.10 Å². The number of benzene rings is 1. The van der Waals surface area contributed by atoms with E-state index in [4.69, 9.17) is 4.74 Å². The van der Waals surface area contributed by atoms with Gasteiger partial charge in [0.15, 0.2) is 5.06 Å². The quantitative estimate of drug-likeness (QED) is 0.758. The molecule has 1 atom stereocenters. The summed E-state index contributed by atoms with van der Waals surface area (Å²) >= 11 is 1.29. The fourth-order valence-electron chi connectivity index (χ4n) is 3.70. The first-order chi connectivity index (χ1) is 12.6. The monoisotopic (exact) mass is 372 g/mol. The molecule has 0 bridgehead atoms. The molecule has 0 saturated carbocycles. The van der Waals surface area contributed by atoms with Crippen molar-refractivity contribution in [2.75, 3.05) is 20.2 Å². The fourth-order valence-corrected chi connectivity index (χ4v) is 4.57. The molecule has 0 amide bonds. The molecule has 4 rings (SSSR count). The third-order valence-corrected chi connectivity index (χ3v) is 6.04. The van der Waals surface area contributed by atoms with Crippen molar-refractivity contribution in [2.45, 2.75) is 32.7 Å². The molecule has 0 aliphatic carbocycles. The van der Waals surface area contributed by atoms with Crippen LogP contribution in [0.2, 0.25) is 0 Å². The van der Waals surface area contributed by atoms with Gasteiger partial charge in [-0.1, -0.05) is 30.4 Å². The molecule has 1 aliphatic heterocycles. The number of piperidine rings is 1. The van der Waals surface area contributed by atoms with Crippen LogP contribution >= 0.6 is 11.3 Å². The summed E-state index contributed by atoms with van der Waals surface area (Å²) in [6.07, 6.45) is 2.33. The van der Waals surface area contributed by atoms with Crippen LogP contribution in [0.5, 0.6) is 10.8 Å². The number of aromatic nitrogens is 3. The maximum Gasteiger partial charge on any atom is 0.215 e. The highest BCUT2D eigenvalue weighted by molar-refractivity contribution is 7.18. The molecule has 7 heteroatoms. The summed E-state index contributed by atoms with van der Waals surface area (Å²) in [4.78, 5) is 7.61. The molecule has 26 heavy (non-hydrogen) atoms. The van der Waals surface area contributed by atoms with E-state index in [2.05, 4.69) is 34.0 Å². The zero-order valence-corrected chi connectivity index (χ0v) is 16.2. The standard InChI is InChI=1S/C19H24N4O2S/c1-12-8-10-22(11-9-12)16(14-4-6-15(25-3)7-5-14)17-18(24)26-19-20-13(2)21-23(17)19/h4-7,12,16,24H,8-11H2,1-3H3. The van der Waals surface area contributed by atoms with Gasteiger partial charge < -0.3 is 9.84 Å². The Bertz CT molecular complexity index is 894. The Morgan fingerprint density at radius 3 is 2.58 bits per heavy atom. The van der Waals surface area contributed by atoms with Gasteiger partial charge in [-0.3, -0.25) is 4.90 Å². The summed E-state index contributed by atoms with van der Waals surface area (Å²) in [5, 5.41) is 15.5. The molecule has 138 valence electrons. The molecule has 1 unspecified atom stereocenters. The van der Waals surface area contributed by atoms with Crippen LogP contribution in [-0.2, 0) is 0 Å². The predicted molar refractivity (Wildman–Crippen MR) is 102 cm³/mol. The highest BCUT2D eigenvalue weighted by Gasteiger charge is 2.32. The lowest BCUT2D eigenvalue weighted by atomic mass is 9.94. The van der Waals surface area contributed by atoms with Gasteiger partial charge in [0.1, 0.15) is 17.3 Å². The summed E-state index contributed by atoms with van der Waals surface area (Å²) in [5.41, 5.74) is 1.94. The lowest BCUT2D eigenvalue weighted by Gasteiger charge is -2.36. The van der Waals surface area contributed by atoms with Crippen molar-refractivity contribution in [3.05, 3.63) is 41.3 Å². The van der Waals surface area contributed by atoms with Crippen LogP contribution in [0.1, 0.15) is 42.9 Å². The lowest BCUT2D eigenvalue weighted by molar-refractivity contribution is 0.153. The van der Waals surface area contributed by atoms with Crippen LogP contribution in [0.3, 0.4) is 0 Å². The summed E-state index contributed by atoms with van der Waals surface area (Å²) in [7, 11) is 1.67. The van der Waals surface area contributed by atoms with Crippen LogP contribution in [0.4, 0.5) is 0 Å². The third-order valence-electron chi connectivity index (χ3n) is 5.19. The van der Waals surface area contributed by atoms with E-state index in [-0.39, 0.29) is 6.04 Å². The minimum absolute atomic E-state index is 0.0525. The zero-order valence-electron chi connectivity index (χ0n) is 15.3. The molecular formula is C19H24N4O2S. The molecule has 0 spiro atoms. The van der Waals surface area contributed by atoms with E-state index in [0.29, 0.717) is 5.06 Å². The molecule has 1 N–H and O–H groups in total. The molecule has 6 nitrogen and oxygen atoms in total. The first-order valence-electron chi connectivity index (χ1n) is 9.00. The minimum atomic E-state index is -0.0525. The van der Waals surface area contributed by atoms with Crippen LogP contribution in [0.25, 0.3) is 4.96 Å². The number of likely N-dealkylation sites (tertiary alicyclic amines) is 1. The second-order valence-electron chi connectivity index (χ2n) is 7.04. The van der Waals surface area contributed by atoms with E-state index in [1.165, 1.54) is 11.3 Å². The normalized spacial score (nSPS) is 17.7. The number of methoxy groups -OCH3 is 1. The Morgan fingerprint density at radius 1 is 1.23 bits per heavy atom. The number of nitrogens with zero attached hydrogens (tertiary/aromatic N) is 4. The van der Waals surface area contributed by atoms with Crippen LogP contribution < -0.4 is 4.74 Å². The number of rotatable bonds is 4. The highest BCUT2D eigenvalue weighted by atomic mass is 32.1. The van der Waals surface area contributed by atoms with E-state index < -0.39 is 0 Å². The second kappa shape index (κ2) is 6.89. The summed E-state index contributed by atoms with van der Waals surface area (Å²) < 4.78 is 7.12. The Labute approximate surface area is 157 Å². The number of hydrogen-bond acceptors (Lipinski definition) is 6. The van der Waals surface area contributed by atoms with Crippen molar-refractivity contribution in [3.63, 3.8) is 0 Å². The largest absolute Gasteiger partial charge is 0.498 e. The van der Waals surface area contributed by atoms with Gasteiger partial charge in [-0.25, -0.2) is 9.50 Å². The van der Waals surface area contributed by atoms with E-state index in [1.54, 1.807) is 7.11 Å². The van der Waals surface area contributed by atoms with E-state index in [1.807, 2.05) is 23.6 Å². The van der Waals surface area contributed by atoms with Crippen molar-refractivity contribution < 1.29 is 9.84 Å². The maximum absolute atomic E-state index is 10.7. The van der Waals surface area contributed by atoms with Gasteiger partial charge in [0, 0.05) is 0 Å². The van der Waals surface area contributed by atoms with Gasteiger partial charge in [-0.15, -0.1) is 0 Å². The van der Waals surface area contributed by atoms with Crippen molar-refractivity contribution in [2.24, 2.45) is 5.92 Å². The van der Waals surface area contributed by atoms with Crippen molar-refractivity contribution >= 4 is 16.3 Å². The number of fused-ring (bicyclic) bond motifs is 1. The average molecular weight is 372 g/mol. The number of aromatic hydroxyl groups is 1. The summed E-state index contributed by atoms with van der Waals surface area (Å²) in [5.74, 6) is 2.29. The fraction of sp³-hybridized carbons (Fsp3) is 0.474. The molecule has 3 aromatic rings. The molecule has 1 saturated heterocycles. The number of aryl methyl sites for hydroxylation is 1. The van der Waals surface area contributed by atoms with Crippen molar-refractivity contribution in [3.8, 4) is 10.8 Å². The van der Waals surface area contributed by atoms with Gasteiger partial charge in [0.05, 0.1) is 13.2 Å². The summed E-state index contributed by atoms with van der Waals surface area (Å²) in [6, 6.07) is 8.05. The SMILES string of the molecule is COc1ccc(C(c2c(O)sc3nc(C)nn23)N2CCC(C)CC2)cc1. The van der Waals surface area contributed by atoms with Gasteiger partial charge in [-0.05, 0) is 56.5 Å². The molecule has 1 aromatic carbocycles. The second-order valence-corrected chi connectivity index (χ2v) is 8.00. The third kappa shape index (κ3) is 3.05. The van der Waals surface area contributed by atoms with Gasteiger partial charge in [0.2, 0.25) is 4.96 Å². The Balaban J connectivity index is 1.82.